The minimum atomic E-state index is 0.240. The summed E-state index contributed by atoms with van der Waals surface area (Å²) in [5.74, 6) is 0. The Morgan fingerprint density at radius 2 is 2.13 bits per heavy atom. The molecule has 0 saturated heterocycles. The lowest BCUT2D eigenvalue weighted by molar-refractivity contribution is 0.365. The molecule has 0 aromatic carbocycles. The van der Waals surface area contributed by atoms with Crippen LogP contribution >= 0.6 is 0 Å². The lowest BCUT2D eigenvalue weighted by Gasteiger charge is -2.21. The van der Waals surface area contributed by atoms with E-state index < -0.39 is 0 Å². The number of aromatic nitrogens is 3. The van der Waals surface area contributed by atoms with Crippen molar-refractivity contribution < 1.29 is 0 Å². The van der Waals surface area contributed by atoms with Crippen LogP contribution in [0.1, 0.15) is 36.6 Å². The molecule has 0 amide bonds. The Morgan fingerprint density at radius 3 is 2.83 bits per heavy atom. The van der Waals surface area contributed by atoms with Gasteiger partial charge in [-0.1, -0.05) is 6.07 Å². The van der Waals surface area contributed by atoms with Crippen LogP contribution in [0.3, 0.4) is 0 Å². The lowest BCUT2D eigenvalue weighted by Crippen LogP contribution is -2.33. The predicted octanol–water partition coefficient (Wildman–Crippen LogP) is 3.06. The van der Waals surface area contributed by atoms with E-state index in [1.165, 1.54) is 0 Å². The van der Waals surface area contributed by atoms with Gasteiger partial charge < -0.3 is 9.72 Å². The van der Waals surface area contributed by atoms with Gasteiger partial charge in [0.1, 0.15) is 6.07 Å². The quantitative estimate of drug-likeness (QED) is 0.788. The maximum atomic E-state index is 9.46. The highest BCUT2D eigenvalue weighted by atomic mass is 15.3. The Hall–Kier alpha value is -2.58. The molecule has 0 saturated carbocycles. The first-order chi connectivity index (χ1) is 11.1. The number of nitrogens with one attached hydrogen (secondary N) is 1. The molecule has 0 unspecified atom stereocenters. The third-order valence-electron chi connectivity index (χ3n) is 4.36. The van der Waals surface area contributed by atoms with Crippen molar-refractivity contribution in [2.24, 2.45) is 0 Å². The van der Waals surface area contributed by atoms with Crippen LogP contribution in [0.5, 0.6) is 0 Å². The van der Waals surface area contributed by atoms with Gasteiger partial charge in [0, 0.05) is 36.7 Å². The van der Waals surface area contributed by atoms with Crippen molar-refractivity contribution in [2.75, 3.05) is 0 Å². The lowest BCUT2D eigenvalue weighted by atomic mass is 10.1. The number of rotatable bonds is 5. The first kappa shape index (κ1) is 15.3. The first-order valence-corrected chi connectivity index (χ1v) is 7.83. The fourth-order valence-corrected chi connectivity index (χ4v) is 2.77. The van der Waals surface area contributed by atoms with Crippen LogP contribution in [0.4, 0.5) is 0 Å². The van der Waals surface area contributed by atoms with Gasteiger partial charge in [-0.15, -0.1) is 0 Å². The van der Waals surface area contributed by atoms with Gasteiger partial charge in [0.25, 0.3) is 0 Å². The molecule has 0 bridgehead atoms. The number of hydrogen-bond acceptors (Lipinski definition) is 3. The SMILES string of the molecule is Cc1cnn([C@H](C)[C@@H](C)NCc2cn3ccccc3c2C#N)c1. The van der Waals surface area contributed by atoms with E-state index in [9.17, 15) is 5.26 Å². The number of fused-ring (bicyclic) bond motifs is 1. The molecule has 1 N–H and O–H groups in total. The summed E-state index contributed by atoms with van der Waals surface area (Å²) < 4.78 is 3.98. The van der Waals surface area contributed by atoms with Gasteiger partial charge in [-0.3, -0.25) is 4.68 Å². The highest BCUT2D eigenvalue weighted by molar-refractivity contribution is 5.65. The van der Waals surface area contributed by atoms with E-state index in [0.29, 0.717) is 6.54 Å². The van der Waals surface area contributed by atoms with E-state index in [-0.39, 0.29) is 12.1 Å². The third-order valence-corrected chi connectivity index (χ3v) is 4.36. The van der Waals surface area contributed by atoms with Gasteiger partial charge in [-0.2, -0.15) is 10.4 Å². The maximum absolute atomic E-state index is 9.46. The Kier molecular flexibility index (Phi) is 4.18. The molecule has 118 valence electrons. The molecule has 0 aliphatic rings. The molecule has 5 heteroatoms. The number of nitrogens with zero attached hydrogens (tertiary/aromatic N) is 4. The van der Waals surface area contributed by atoms with Crippen molar-refractivity contribution in [2.45, 2.75) is 39.4 Å². The van der Waals surface area contributed by atoms with E-state index in [2.05, 4.69) is 36.5 Å². The Balaban J connectivity index is 1.74. The average Bonchev–Trinajstić information content (AvgIpc) is 3.14. The second-order valence-electron chi connectivity index (χ2n) is 6.04. The van der Waals surface area contributed by atoms with Crippen LogP contribution < -0.4 is 5.32 Å². The van der Waals surface area contributed by atoms with Crippen molar-refractivity contribution >= 4 is 5.52 Å². The highest BCUT2D eigenvalue weighted by Gasteiger charge is 2.16. The molecule has 0 fully saturated rings. The zero-order chi connectivity index (χ0) is 16.4. The summed E-state index contributed by atoms with van der Waals surface area (Å²) in [5.41, 5.74) is 3.88. The molecule has 23 heavy (non-hydrogen) atoms. The molecule has 0 radical (unpaired) electrons. The molecule has 2 atom stereocenters. The maximum Gasteiger partial charge on any atom is 0.102 e. The number of hydrogen-bond donors (Lipinski definition) is 1. The van der Waals surface area contributed by atoms with E-state index in [0.717, 1.165) is 22.2 Å². The standard InChI is InChI=1S/C18H21N5/c1-13-9-21-23(11-13)15(3)14(2)20-10-16-12-22-7-5-4-6-18(22)17(16)8-19/h4-7,9,11-12,14-15,20H,10H2,1-3H3/t14-,15-/m1/s1. The Labute approximate surface area is 136 Å². The van der Waals surface area contributed by atoms with Crippen LogP contribution in [0.15, 0.2) is 43.0 Å². The topological polar surface area (TPSA) is 58.1 Å². The number of nitriles is 1. The summed E-state index contributed by atoms with van der Waals surface area (Å²) in [6.45, 7) is 6.99. The van der Waals surface area contributed by atoms with Crippen LogP contribution in [0.2, 0.25) is 0 Å². The van der Waals surface area contributed by atoms with E-state index in [1.807, 2.05) is 52.8 Å². The summed E-state index contributed by atoms with van der Waals surface area (Å²) in [6, 6.07) is 8.71. The Morgan fingerprint density at radius 1 is 1.30 bits per heavy atom. The van der Waals surface area contributed by atoms with Crippen molar-refractivity contribution in [3.8, 4) is 6.07 Å². The van der Waals surface area contributed by atoms with Crippen LogP contribution in [-0.2, 0) is 6.54 Å². The molecule has 3 rings (SSSR count). The zero-order valence-corrected chi connectivity index (χ0v) is 13.7. The van der Waals surface area contributed by atoms with Crippen molar-refractivity contribution in [3.63, 3.8) is 0 Å². The fourth-order valence-electron chi connectivity index (χ4n) is 2.77. The van der Waals surface area contributed by atoms with Gasteiger partial charge >= 0.3 is 0 Å². The summed E-state index contributed by atoms with van der Waals surface area (Å²) in [6.07, 6.45) is 7.92. The zero-order valence-electron chi connectivity index (χ0n) is 13.7. The summed E-state index contributed by atoms with van der Waals surface area (Å²) in [7, 11) is 0. The minimum Gasteiger partial charge on any atom is -0.322 e. The van der Waals surface area contributed by atoms with Gasteiger partial charge in [0.2, 0.25) is 0 Å². The van der Waals surface area contributed by atoms with Crippen LogP contribution in [0, 0.1) is 18.3 Å². The van der Waals surface area contributed by atoms with Gasteiger partial charge in [0.15, 0.2) is 0 Å². The van der Waals surface area contributed by atoms with E-state index in [1.54, 1.807) is 0 Å². The summed E-state index contributed by atoms with van der Waals surface area (Å²) in [5, 5.41) is 17.4. The molecule has 0 aliphatic carbocycles. The molecular weight excluding hydrogens is 286 g/mol. The van der Waals surface area contributed by atoms with Gasteiger partial charge in [0.05, 0.1) is 23.3 Å². The summed E-state index contributed by atoms with van der Waals surface area (Å²) in [4.78, 5) is 0. The Bertz CT molecular complexity index is 852. The van der Waals surface area contributed by atoms with Crippen molar-refractivity contribution in [1.29, 1.82) is 5.26 Å². The van der Waals surface area contributed by atoms with Crippen LogP contribution in [0.25, 0.3) is 5.52 Å². The predicted molar refractivity (Wildman–Crippen MR) is 90.1 cm³/mol. The smallest absolute Gasteiger partial charge is 0.102 e. The molecule has 3 aromatic heterocycles. The van der Waals surface area contributed by atoms with Gasteiger partial charge in [-0.05, 0) is 38.5 Å². The molecular formula is C18H21N5. The minimum absolute atomic E-state index is 0.240. The molecule has 5 nitrogen and oxygen atoms in total. The second-order valence-corrected chi connectivity index (χ2v) is 6.04. The first-order valence-electron chi connectivity index (χ1n) is 7.83. The molecule has 3 heterocycles. The van der Waals surface area contributed by atoms with E-state index in [4.69, 9.17) is 0 Å². The monoisotopic (exact) mass is 307 g/mol. The van der Waals surface area contributed by atoms with Crippen molar-refractivity contribution in [1.82, 2.24) is 19.5 Å². The largest absolute Gasteiger partial charge is 0.322 e. The molecule has 0 spiro atoms. The van der Waals surface area contributed by atoms with Crippen LogP contribution in [-0.4, -0.2) is 20.2 Å². The fraction of sp³-hybridized carbons (Fsp3) is 0.333. The highest BCUT2D eigenvalue weighted by Crippen LogP contribution is 2.18. The third kappa shape index (κ3) is 2.99. The number of aryl methyl sites for hydroxylation is 1. The second kappa shape index (κ2) is 6.27. The van der Waals surface area contributed by atoms with E-state index >= 15 is 0 Å². The normalized spacial score (nSPS) is 13.8. The average molecular weight is 307 g/mol. The van der Waals surface area contributed by atoms with Crippen molar-refractivity contribution in [3.05, 3.63) is 59.7 Å². The number of pyridine rings is 1. The molecule has 3 aromatic rings. The molecule has 0 aliphatic heterocycles. The van der Waals surface area contributed by atoms with Gasteiger partial charge in [-0.25, -0.2) is 0 Å². The summed E-state index contributed by atoms with van der Waals surface area (Å²) >= 11 is 0.